The maximum atomic E-state index is 12.8. The van der Waals surface area contributed by atoms with Crippen LogP contribution in [0.25, 0.3) is 0 Å². The first kappa shape index (κ1) is 23.0. The number of benzene rings is 1. The number of hydrogen-bond donors (Lipinski definition) is 1. The summed E-state index contributed by atoms with van der Waals surface area (Å²) < 4.78 is 43.8. The second-order valence-electron chi connectivity index (χ2n) is 7.07. The summed E-state index contributed by atoms with van der Waals surface area (Å²) in [4.78, 5) is 34.7. The average molecular weight is 446 g/mol. The van der Waals surface area contributed by atoms with Gasteiger partial charge in [0.1, 0.15) is 11.5 Å². The van der Waals surface area contributed by atoms with Crippen molar-refractivity contribution in [1.29, 1.82) is 0 Å². The number of amides is 2. The number of alkyl halides is 3. The zero-order valence-electron chi connectivity index (χ0n) is 17.2. The van der Waals surface area contributed by atoms with Gasteiger partial charge in [-0.25, -0.2) is 4.98 Å². The highest BCUT2D eigenvalue weighted by Crippen LogP contribution is 2.29. The molecule has 7 nitrogen and oxygen atoms in total. The van der Waals surface area contributed by atoms with Gasteiger partial charge in [0, 0.05) is 25.7 Å². The van der Waals surface area contributed by atoms with Crippen LogP contribution >= 0.6 is 0 Å². The van der Waals surface area contributed by atoms with Gasteiger partial charge in [-0.1, -0.05) is 12.1 Å². The molecule has 0 fully saturated rings. The lowest BCUT2D eigenvalue weighted by Crippen LogP contribution is -2.35. The van der Waals surface area contributed by atoms with E-state index < -0.39 is 23.6 Å². The number of nitrogens with zero attached hydrogens (tertiary/aromatic N) is 3. The summed E-state index contributed by atoms with van der Waals surface area (Å²) in [5, 5.41) is 2.58. The van der Waals surface area contributed by atoms with E-state index in [1.165, 1.54) is 35.7 Å². The number of carbonyl (C=O) groups is 2. The lowest BCUT2D eigenvalue weighted by Gasteiger charge is -2.21. The van der Waals surface area contributed by atoms with Crippen LogP contribution in [0, 0.1) is 6.92 Å². The van der Waals surface area contributed by atoms with Crippen molar-refractivity contribution in [3.63, 3.8) is 0 Å². The minimum Gasteiger partial charge on any atom is -0.467 e. The highest BCUT2D eigenvalue weighted by atomic mass is 19.4. The third kappa shape index (κ3) is 6.40. The molecule has 10 heteroatoms. The fourth-order valence-electron chi connectivity index (χ4n) is 2.89. The molecule has 2 heterocycles. The molecule has 0 aliphatic heterocycles. The summed E-state index contributed by atoms with van der Waals surface area (Å²) in [5.74, 6) is -0.294. The van der Waals surface area contributed by atoms with E-state index >= 15 is 0 Å². The predicted molar refractivity (Wildman–Crippen MR) is 108 cm³/mol. The first-order chi connectivity index (χ1) is 15.2. The molecule has 0 bridgehead atoms. The molecule has 168 valence electrons. The quantitative estimate of drug-likeness (QED) is 0.570. The number of rotatable bonds is 8. The van der Waals surface area contributed by atoms with Crippen LogP contribution in [0.5, 0.6) is 0 Å². The summed E-state index contributed by atoms with van der Waals surface area (Å²) in [6, 6.07) is 8.13. The Labute approximate surface area is 182 Å². The fraction of sp³-hybridized carbons (Fsp3) is 0.273. The summed E-state index contributed by atoms with van der Waals surface area (Å²) >= 11 is 0. The first-order valence-corrected chi connectivity index (χ1v) is 9.75. The Balaban J connectivity index is 1.60. The van der Waals surface area contributed by atoms with Gasteiger partial charge in [-0.15, -0.1) is 0 Å². The van der Waals surface area contributed by atoms with Crippen molar-refractivity contribution in [2.45, 2.75) is 32.6 Å². The van der Waals surface area contributed by atoms with Crippen molar-refractivity contribution in [1.82, 2.24) is 20.2 Å². The zero-order chi connectivity index (χ0) is 23.1. The Hall–Kier alpha value is -3.69. The summed E-state index contributed by atoms with van der Waals surface area (Å²) in [6.07, 6.45) is -0.192. The molecule has 3 aromatic rings. The van der Waals surface area contributed by atoms with Crippen LogP contribution in [0.1, 0.15) is 39.5 Å². The van der Waals surface area contributed by atoms with Gasteiger partial charge in [-0.3, -0.25) is 14.6 Å². The molecule has 0 aliphatic rings. The number of hydrogen-bond acceptors (Lipinski definition) is 5. The van der Waals surface area contributed by atoms with Crippen LogP contribution in [0.15, 0.2) is 59.5 Å². The van der Waals surface area contributed by atoms with Crippen molar-refractivity contribution >= 4 is 11.8 Å². The number of carbonyl (C=O) groups excluding carboxylic acids is 2. The number of furan rings is 1. The Bertz CT molecular complexity index is 1050. The van der Waals surface area contributed by atoms with Crippen molar-refractivity contribution in [2.75, 3.05) is 6.54 Å². The van der Waals surface area contributed by atoms with E-state index in [1.807, 2.05) is 0 Å². The summed E-state index contributed by atoms with van der Waals surface area (Å²) in [7, 11) is 0. The smallest absolute Gasteiger partial charge is 0.416 e. The molecule has 2 aromatic heterocycles. The maximum absolute atomic E-state index is 12.8. The highest BCUT2D eigenvalue weighted by molar-refractivity contribution is 5.92. The minimum atomic E-state index is -4.45. The van der Waals surface area contributed by atoms with E-state index in [4.69, 9.17) is 4.42 Å². The van der Waals surface area contributed by atoms with Crippen molar-refractivity contribution in [2.24, 2.45) is 0 Å². The molecule has 1 N–H and O–H groups in total. The average Bonchev–Trinajstić information content (AvgIpc) is 3.28. The van der Waals surface area contributed by atoms with Crippen molar-refractivity contribution in [3.8, 4) is 0 Å². The van der Waals surface area contributed by atoms with Crippen LogP contribution in [-0.4, -0.2) is 33.2 Å². The normalized spacial score (nSPS) is 11.2. The standard InChI is InChI=1S/C22H21F3N4O3/c1-15-11-27-19(13-26-15)21(31)29(14-18-6-3-9-32-18)8-7-20(30)28-12-16-4-2-5-17(10-16)22(23,24)25/h2-6,9-11,13H,7-8,12,14H2,1H3,(H,28,30). The van der Waals surface area contributed by atoms with Crippen LogP contribution in [-0.2, 0) is 24.1 Å². The Morgan fingerprint density at radius 3 is 2.59 bits per heavy atom. The SMILES string of the molecule is Cc1cnc(C(=O)N(CCC(=O)NCc2cccc(C(F)(F)F)c2)Cc2ccco2)cn1. The first-order valence-electron chi connectivity index (χ1n) is 9.75. The van der Waals surface area contributed by atoms with Crippen LogP contribution < -0.4 is 5.32 Å². The number of aromatic nitrogens is 2. The highest BCUT2D eigenvalue weighted by Gasteiger charge is 2.30. The molecule has 1 aromatic carbocycles. The van der Waals surface area contributed by atoms with Gasteiger partial charge in [0.2, 0.25) is 5.91 Å². The maximum Gasteiger partial charge on any atom is 0.416 e. The molecule has 0 atom stereocenters. The molecule has 0 unspecified atom stereocenters. The second-order valence-corrected chi connectivity index (χ2v) is 7.07. The molecule has 0 saturated heterocycles. The molecule has 2 amide bonds. The van der Waals surface area contributed by atoms with E-state index in [-0.39, 0.29) is 31.7 Å². The molecule has 32 heavy (non-hydrogen) atoms. The largest absolute Gasteiger partial charge is 0.467 e. The van der Waals surface area contributed by atoms with E-state index in [2.05, 4.69) is 15.3 Å². The van der Waals surface area contributed by atoms with E-state index in [9.17, 15) is 22.8 Å². The van der Waals surface area contributed by atoms with Crippen molar-refractivity contribution < 1.29 is 27.2 Å². The Morgan fingerprint density at radius 2 is 1.94 bits per heavy atom. The van der Waals surface area contributed by atoms with Crippen LogP contribution in [0.2, 0.25) is 0 Å². The minimum absolute atomic E-state index is 0.0509. The third-order valence-corrected chi connectivity index (χ3v) is 4.57. The molecular formula is C22H21F3N4O3. The topological polar surface area (TPSA) is 88.3 Å². The van der Waals surface area contributed by atoms with Gasteiger partial charge in [0.15, 0.2) is 0 Å². The fourth-order valence-corrected chi connectivity index (χ4v) is 2.89. The Morgan fingerprint density at radius 1 is 1.12 bits per heavy atom. The van der Waals surface area contributed by atoms with Gasteiger partial charge in [0.25, 0.3) is 5.91 Å². The summed E-state index contributed by atoms with van der Waals surface area (Å²) in [6.45, 7) is 1.88. The molecular weight excluding hydrogens is 425 g/mol. The van der Waals surface area contributed by atoms with Gasteiger partial charge in [-0.2, -0.15) is 13.2 Å². The predicted octanol–water partition coefficient (Wildman–Crippen LogP) is 3.75. The molecule has 0 aliphatic carbocycles. The van der Waals surface area contributed by atoms with E-state index in [1.54, 1.807) is 19.1 Å². The van der Waals surface area contributed by atoms with Gasteiger partial charge < -0.3 is 14.6 Å². The lowest BCUT2D eigenvalue weighted by molar-refractivity contribution is -0.137. The van der Waals surface area contributed by atoms with Crippen LogP contribution in [0.3, 0.4) is 0 Å². The van der Waals surface area contributed by atoms with Crippen molar-refractivity contribution in [3.05, 3.63) is 83.3 Å². The van der Waals surface area contributed by atoms with E-state index in [0.29, 0.717) is 17.0 Å². The second kappa shape index (κ2) is 10.1. The van der Waals surface area contributed by atoms with Gasteiger partial charge in [0.05, 0.1) is 30.3 Å². The van der Waals surface area contributed by atoms with Gasteiger partial charge >= 0.3 is 6.18 Å². The molecule has 0 saturated carbocycles. The van der Waals surface area contributed by atoms with E-state index in [0.717, 1.165) is 12.1 Å². The van der Waals surface area contributed by atoms with Gasteiger partial charge in [-0.05, 0) is 36.8 Å². The monoisotopic (exact) mass is 446 g/mol. The summed E-state index contributed by atoms with van der Waals surface area (Å²) in [5.41, 5.74) is 0.338. The molecule has 0 radical (unpaired) electrons. The molecule has 0 spiro atoms. The van der Waals surface area contributed by atoms with Crippen LogP contribution in [0.4, 0.5) is 13.2 Å². The third-order valence-electron chi connectivity index (χ3n) is 4.57. The lowest BCUT2D eigenvalue weighted by atomic mass is 10.1. The zero-order valence-corrected chi connectivity index (χ0v) is 17.2. The number of aryl methyl sites for hydroxylation is 1. The number of halogens is 3. The molecule has 3 rings (SSSR count). The number of nitrogens with one attached hydrogen (secondary N) is 1. The Kier molecular flexibility index (Phi) is 7.24.